The Morgan fingerprint density at radius 1 is 1.14 bits per heavy atom. The Bertz CT molecular complexity index is 967. The lowest BCUT2D eigenvalue weighted by atomic mass is 10.1. The summed E-state index contributed by atoms with van der Waals surface area (Å²) >= 11 is 6.13. The van der Waals surface area contributed by atoms with E-state index in [4.69, 9.17) is 11.6 Å². The van der Waals surface area contributed by atoms with Gasteiger partial charge in [-0.15, -0.1) is 0 Å². The third-order valence-electron chi connectivity index (χ3n) is 4.75. The summed E-state index contributed by atoms with van der Waals surface area (Å²) in [5.74, 6) is -1.03. The van der Waals surface area contributed by atoms with E-state index >= 15 is 0 Å². The largest absolute Gasteiger partial charge is 0.507 e. The minimum Gasteiger partial charge on any atom is -0.507 e. The van der Waals surface area contributed by atoms with Gasteiger partial charge in [0.15, 0.2) is 0 Å². The highest BCUT2D eigenvalue weighted by molar-refractivity contribution is 6.33. The van der Waals surface area contributed by atoms with E-state index in [0.29, 0.717) is 16.3 Å². The second kappa shape index (κ2) is 7.94. The number of nitrogens with one attached hydrogen (secondary N) is 1. The number of aromatic hydroxyl groups is 1. The summed E-state index contributed by atoms with van der Waals surface area (Å²) in [7, 11) is 0. The standard InChI is InChI=1S/C21H22ClN3O3/c1-4-24(5-2)15-9-7-14(19(26)12-15)10-17-20(27)23-25(21(17)28)16-8-6-13(3)18(22)11-16/h6-12,26H,4-5H2,1-3H3,(H,23,27). The maximum absolute atomic E-state index is 12.7. The number of halogens is 1. The second-order valence-electron chi connectivity index (χ2n) is 6.49. The number of carbonyl (C=O) groups is 2. The zero-order valence-electron chi connectivity index (χ0n) is 16.0. The lowest BCUT2D eigenvalue weighted by Gasteiger charge is -2.21. The van der Waals surface area contributed by atoms with Crippen molar-refractivity contribution in [3.8, 4) is 5.75 Å². The van der Waals surface area contributed by atoms with Gasteiger partial charge >= 0.3 is 0 Å². The molecule has 0 aromatic heterocycles. The van der Waals surface area contributed by atoms with Crippen molar-refractivity contribution in [2.75, 3.05) is 23.0 Å². The summed E-state index contributed by atoms with van der Waals surface area (Å²) in [6, 6.07) is 10.3. The lowest BCUT2D eigenvalue weighted by molar-refractivity contribution is -0.117. The molecule has 0 radical (unpaired) electrons. The van der Waals surface area contributed by atoms with Crippen molar-refractivity contribution >= 4 is 40.9 Å². The Labute approximate surface area is 169 Å². The molecule has 0 aliphatic carbocycles. The van der Waals surface area contributed by atoms with Gasteiger partial charge in [-0.1, -0.05) is 17.7 Å². The van der Waals surface area contributed by atoms with Crippen molar-refractivity contribution in [2.24, 2.45) is 0 Å². The fourth-order valence-corrected chi connectivity index (χ4v) is 3.23. The third kappa shape index (κ3) is 3.68. The van der Waals surface area contributed by atoms with E-state index in [-0.39, 0.29) is 11.3 Å². The highest BCUT2D eigenvalue weighted by Gasteiger charge is 2.34. The normalized spacial score (nSPS) is 15.3. The van der Waals surface area contributed by atoms with Gasteiger partial charge in [-0.05, 0) is 56.7 Å². The summed E-state index contributed by atoms with van der Waals surface area (Å²) in [5, 5.41) is 12.0. The molecule has 1 saturated heterocycles. The van der Waals surface area contributed by atoms with Crippen LogP contribution in [0.5, 0.6) is 5.75 Å². The SMILES string of the molecule is CCN(CC)c1ccc(C=C2C(=O)NN(c3ccc(C)c(Cl)c3)C2=O)c(O)c1. The Morgan fingerprint density at radius 2 is 1.86 bits per heavy atom. The quantitative estimate of drug-likeness (QED) is 0.594. The van der Waals surface area contributed by atoms with Gasteiger partial charge < -0.3 is 10.0 Å². The molecule has 6 nitrogen and oxygen atoms in total. The molecule has 1 aliphatic rings. The summed E-state index contributed by atoms with van der Waals surface area (Å²) in [4.78, 5) is 27.2. The van der Waals surface area contributed by atoms with Gasteiger partial charge in [0.1, 0.15) is 11.3 Å². The van der Waals surface area contributed by atoms with E-state index < -0.39 is 11.8 Å². The van der Waals surface area contributed by atoms with Crippen LogP contribution in [0.25, 0.3) is 6.08 Å². The predicted octanol–water partition coefficient (Wildman–Crippen LogP) is 3.66. The third-order valence-corrected chi connectivity index (χ3v) is 5.15. The van der Waals surface area contributed by atoms with Gasteiger partial charge in [0.2, 0.25) is 0 Å². The Hall–Kier alpha value is -2.99. The number of anilines is 2. The van der Waals surface area contributed by atoms with Gasteiger partial charge in [-0.25, -0.2) is 5.01 Å². The highest BCUT2D eigenvalue weighted by atomic mass is 35.5. The van der Waals surface area contributed by atoms with Crippen molar-refractivity contribution in [1.29, 1.82) is 0 Å². The lowest BCUT2D eigenvalue weighted by Crippen LogP contribution is -2.35. The fourth-order valence-electron chi connectivity index (χ4n) is 3.06. The van der Waals surface area contributed by atoms with E-state index in [9.17, 15) is 14.7 Å². The number of hydrazine groups is 1. The van der Waals surface area contributed by atoms with E-state index in [2.05, 4.69) is 10.3 Å². The molecule has 28 heavy (non-hydrogen) atoms. The molecule has 0 saturated carbocycles. The van der Waals surface area contributed by atoms with E-state index in [1.807, 2.05) is 26.8 Å². The number of benzene rings is 2. The average Bonchev–Trinajstić information content (AvgIpc) is 2.95. The van der Waals surface area contributed by atoms with Crippen molar-refractivity contribution in [1.82, 2.24) is 5.43 Å². The summed E-state index contributed by atoms with van der Waals surface area (Å²) in [5.41, 5.74) is 5.10. The Kier molecular flexibility index (Phi) is 5.61. The number of hydrogen-bond donors (Lipinski definition) is 2. The molecule has 0 atom stereocenters. The number of rotatable bonds is 5. The molecule has 2 aromatic carbocycles. The molecule has 2 aromatic rings. The van der Waals surface area contributed by atoms with Crippen LogP contribution in [0.2, 0.25) is 5.02 Å². The minimum absolute atomic E-state index is 0.00864. The molecule has 1 heterocycles. The molecule has 7 heteroatoms. The van der Waals surface area contributed by atoms with Crippen molar-refractivity contribution in [3.05, 3.63) is 58.1 Å². The van der Waals surface area contributed by atoms with E-state index in [1.54, 1.807) is 30.3 Å². The predicted molar refractivity (Wildman–Crippen MR) is 111 cm³/mol. The molecule has 1 fully saturated rings. The molecule has 1 aliphatic heterocycles. The van der Waals surface area contributed by atoms with Crippen LogP contribution in [0.1, 0.15) is 25.0 Å². The molecule has 146 valence electrons. The molecular weight excluding hydrogens is 378 g/mol. The van der Waals surface area contributed by atoms with Crippen molar-refractivity contribution in [3.63, 3.8) is 0 Å². The maximum Gasteiger partial charge on any atom is 0.282 e. The monoisotopic (exact) mass is 399 g/mol. The fraction of sp³-hybridized carbons (Fsp3) is 0.238. The number of phenolic OH excluding ortho intramolecular Hbond substituents is 1. The van der Waals surface area contributed by atoms with Crippen LogP contribution in [0, 0.1) is 6.92 Å². The number of carbonyl (C=O) groups excluding carboxylic acids is 2. The number of phenols is 1. The van der Waals surface area contributed by atoms with E-state index in [1.165, 1.54) is 6.08 Å². The van der Waals surface area contributed by atoms with Crippen LogP contribution in [-0.2, 0) is 9.59 Å². The van der Waals surface area contributed by atoms with Crippen LogP contribution >= 0.6 is 11.6 Å². The minimum atomic E-state index is -0.533. The van der Waals surface area contributed by atoms with Crippen molar-refractivity contribution in [2.45, 2.75) is 20.8 Å². The average molecular weight is 400 g/mol. The van der Waals surface area contributed by atoms with Gasteiger partial charge in [-0.3, -0.25) is 15.0 Å². The van der Waals surface area contributed by atoms with Crippen LogP contribution in [0.15, 0.2) is 42.0 Å². The summed E-state index contributed by atoms with van der Waals surface area (Å²) < 4.78 is 0. The van der Waals surface area contributed by atoms with Gasteiger partial charge in [0.25, 0.3) is 11.8 Å². The van der Waals surface area contributed by atoms with Gasteiger partial charge in [-0.2, -0.15) is 0 Å². The first-order valence-electron chi connectivity index (χ1n) is 9.07. The first-order chi connectivity index (χ1) is 13.3. The van der Waals surface area contributed by atoms with Crippen LogP contribution < -0.4 is 15.3 Å². The Balaban J connectivity index is 1.91. The summed E-state index contributed by atoms with van der Waals surface area (Å²) in [6.45, 7) is 7.54. The molecule has 3 rings (SSSR count). The molecular formula is C21H22ClN3O3. The van der Waals surface area contributed by atoms with Crippen LogP contribution in [0.3, 0.4) is 0 Å². The number of aryl methyl sites for hydroxylation is 1. The summed E-state index contributed by atoms with van der Waals surface area (Å²) in [6.07, 6.45) is 1.40. The molecule has 0 bridgehead atoms. The van der Waals surface area contributed by atoms with Gasteiger partial charge in [0, 0.05) is 35.4 Å². The molecule has 0 unspecified atom stereocenters. The molecule has 2 N–H and O–H groups in total. The Morgan fingerprint density at radius 3 is 2.46 bits per heavy atom. The van der Waals surface area contributed by atoms with Crippen LogP contribution in [-0.4, -0.2) is 30.0 Å². The zero-order valence-corrected chi connectivity index (χ0v) is 16.7. The van der Waals surface area contributed by atoms with Crippen LogP contribution in [0.4, 0.5) is 11.4 Å². The highest BCUT2D eigenvalue weighted by Crippen LogP contribution is 2.29. The topological polar surface area (TPSA) is 72.9 Å². The number of hydrogen-bond acceptors (Lipinski definition) is 4. The second-order valence-corrected chi connectivity index (χ2v) is 6.90. The number of nitrogens with zero attached hydrogens (tertiary/aromatic N) is 2. The smallest absolute Gasteiger partial charge is 0.282 e. The van der Waals surface area contributed by atoms with Gasteiger partial charge in [0.05, 0.1) is 5.69 Å². The molecule has 0 spiro atoms. The molecule has 2 amide bonds. The van der Waals surface area contributed by atoms with Crippen molar-refractivity contribution < 1.29 is 14.7 Å². The maximum atomic E-state index is 12.7. The number of amides is 2. The van der Waals surface area contributed by atoms with E-state index in [0.717, 1.165) is 29.3 Å². The zero-order chi connectivity index (χ0) is 20.4. The first kappa shape index (κ1) is 19.8. The first-order valence-corrected chi connectivity index (χ1v) is 9.44.